The number of thiocarbonyl (C=S) groups is 1. The molecule has 2 aromatic carbocycles. The standard InChI is InChI=1S/C22H15N3O6S/c1-30-16-8-6-14(7-9-16)24-21(27)18(20(26)23-22(24)32)12-17-10-11-19(31-17)13-2-4-15(5-3-13)25(28)29/h2-12H,1H3,(H,23,26,32)/b18-12-. The van der Waals surface area contributed by atoms with E-state index in [2.05, 4.69) is 5.32 Å². The van der Waals surface area contributed by atoms with Crippen LogP contribution in [0.5, 0.6) is 5.75 Å². The zero-order valence-corrected chi connectivity index (χ0v) is 17.4. The first-order valence-electron chi connectivity index (χ1n) is 9.27. The molecule has 0 aliphatic carbocycles. The Hall–Kier alpha value is -4.31. The number of amides is 2. The first-order valence-corrected chi connectivity index (χ1v) is 9.68. The number of nitro benzene ring substituents is 1. The van der Waals surface area contributed by atoms with Gasteiger partial charge in [-0.2, -0.15) is 0 Å². The first kappa shape index (κ1) is 20.9. The van der Waals surface area contributed by atoms with Crippen molar-refractivity contribution in [1.82, 2.24) is 5.32 Å². The van der Waals surface area contributed by atoms with E-state index in [4.69, 9.17) is 21.4 Å². The highest BCUT2D eigenvalue weighted by molar-refractivity contribution is 7.80. The van der Waals surface area contributed by atoms with Crippen molar-refractivity contribution < 1.29 is 23.7 Å². The minimum absolute atomic E-state index is 0.0340. The first-order chi connectivity index (χ1) is 15.4. The third-order valence-corrected chi connectivity index (χ3v) is 4.99. The molecule has 1 N–H and O–H groups in total. The molecule has 0 saturated carbocycles. The van der Waals surface area contributed by atoms with Gasteiger partial charge >= 0.3 is 0 Å². The molecular weight excluding hydrogens is 434 g/mol. The van der Waals surface area contributed by atoms with Crippen LogP contribution in [0.25, 0.3) is 17.4 Å². The summed E-state index contributed by atoms with van der Waals surface area (Å²) < 4.78 is 10.8. The Labute approximate surface area is 187 Å². The van der Waals surface area contributed by atoms with Gasteiger partial charge in [-0.15, -0.1) is 0 Å². The van der Waals surface area contributed by atoms with Crippen LogP contribution in [-0.2, 0) is 9.59 Å². The lowest BCUT2D eigenvalue weighted by Gasteiger charge is -2.28. The van der Waals surface area contributed by atoms with Crippen molar-refractivity contribution in [3.8, 4) is 17.1 Å². The summed E-state index contributed by atoms with van der Waals surface area (Å²) in [5, 5.41) is 13.3. The summed E-state index contributed by atoms with van der Waals surface area (Å²) in [6.45, 7) is 0. The molecular formula is C22H15N3O6S. The molecule has 0 unspecified atom stereocenters. The lowest BCUT2D eigenvalue weighted by molar-refractivity contribution is -0.384. The van der Waals surface area contributed by atoms with Gasteiger partial charge in [0, 0.05) is 17.7 Å². The van der Waals surface area contributed by atoms with E-state index in [1.807, 2.05) is 0 Å². The van der Waals surface area contributed by atoms with Crippen molar-refractivity contribution in [2.24, 2.45) is 0 Å². The van der Waals surface area contributed by atoms with Gasteiger partial charge in [0.25, 0.3) is 17.5 Å². The average Bonchev–Trinajstić information content (AvgIpc) is 3.26. The molecule has 0 radical (unpaired) electrons. The zero-order chi connectivity index (χ0) is 22.8. The van der Waals surface area contributed by atoms with E-state index in [-0.39, 0.29) is 22.1 Å². The van der Waals surface area contributed by atoms with E-state index >= 15 is 0 Å². The minimum Gasteiger partial charge on any atom is -0.497 e. The molecule has 1 saturated heterocycles. The average molecular weight is 449 g/mol. The molecule has 4 rings (SSSR count). The third-order valence-electron chi connectivity index (χ3n) is 4.71. The van der Waals surface area contributed by atoms with Crippen LogP contribution in [0.15, 0.2) is 70.7 Å². The van der Waals surface area contributed by atoms with E-state index in [1.54, 1.807) is 48.5 Å². The normalized spacial score (nSPS) is 15.1. The maximum absolute atomic E-state index is 13.1. The van der Waals surface area contributed by atoms with Gasteiger partial charge in [0.2, 0.25) is 0 Å². The second kappa shape index (κ2) is 8.44. The molecule has 1 aliphatic heterocycles. The van der Waals surface area contributed by atoms with Gasteiger partial charge in [-0.25, -0.2) is 0 Å². The van der Waals surface area contributed by atoms with E-state index in [9.17, 15) is 19.7 Å². The molecule has 32 heavy (non-hydrogen) atoms. The van der Waals surface area contributed by atoms with Gasteiger partial charge in [0.1, 0.15) is 22.8 Å². The molecule has 3 aromatic rings. The molecule has 1 fully saturated rings. The van der Waals surface area contributed by atoms with Gasteiger partial charge < -0.3 is 9.15 Å². The Morgan fingerprint density at radius 2 is 1.75 bits per heavy atom. The fraction of sp³-hybridized carbons (Fsp3) is 0.0455. The number of methoxy groups -OCH3 is 1. The van der Waals surface area contributed by atoms with Gasteiger partial charge in [-0.05, 0) is 66.8 Å². The van der Waals surface area contributed by atoms with Gasteiger partial charge in [0.05, 0.1) is 17.7 Å². The van der Waals surface area contributed by atoms with Crippen LogP contribution in [0.1, 0.15) is 5.76 Å². The van der Waals surface area contributed by atoms with Crippen molar-refractivity contribution in [3.63, 3.8) is 0 Å². The zero-order valence-electron chi connectivity index (χ0n) is 16.6. The largest absolute Gasteiger partial charge is 0.497 e. The number of carbonyl (C=O) groups excluding carboxylic acids is 2. The van der Waals surface area contributed by atoms with Crippen molar-refractivity contribution in [3.05, 3.63) is 82.1 Å². The number of benzene rings is 2. The van der Waals surface area contributed by atoms with Crippen molar-refractivity contribution >= 4 is 46.6 Å². The van der Waals surface area contributed by atoms with Crippen LogP contribution in [0.2, 0.25) is 0 Å². The van der Waals surface area contributed by atoms with Crippen molar-refractivity contribution in [2.75, 3.05) is 12.0 Å². The maximum atomic E-state index is 13.1. The molecule has 1 aliphatic rings. The predicted octanol–water partition coefficient (Wildman–Crippen LogP) is 3.69. The topological polar surface area (TPSA) is 115 Å². The second-order valence-corrected chi connectivity index (χ2v) is 7.05. The summed E-state index contributed by atoms with van der Waals surface area (Å²) in [5.41, 5.74) is 0.888. The Morgan fingerprint density at radius 1 is 1.06 bits per heavy atom. The Morgan fingerprint density at radius 3 is 2.38 bits per heavy atom. The van der Waals surface area contributed by atoms with E-state index < -0.39 is 16.7 Å². The van der Waals surface area contributed by atoms with Crippen LogP contribution < -0.4 is 15.0 Å². The van der Waals surface area contributed by atoms with Crippen LogP contribution in [-0.4, -0.2) is 29.0 Å². The summed E-state index contributed by atoms with van der Waals surface area (Å²) >= 11 is 5.18. The van der Waals surface area contributed by atoms with E-state index in [1.165, 1.54) is 30.2 Å². The minimum atomic E-state index is -0.641. The number of nitrogens with zero attached hydrogens (tertiary/aromatic N) is 2. The van der Waals surface area contributed by atoms with Crippen molar-refractivity contribution in [2.45, 2.75) is 0 Å². The molecule has 2 amide bonds. The van der Waals surface area contributed by atoms with Crippen LogP contribution in [0.4, 0.5) is 11.4 Å². The molecule has 0 spiro atoms. The van der Waals surface area contributed by atoms with E-state index in [0.717, 1.165) is 0 Å². The van der Waals surface area contributed by atoms with Gasteiger partial charge in [-0.1, -0.05) is 0 Å². The Kier molecular flexibility index (Phi) is 5.52. The number of hydrogen-bond acceptors (Lipinski definition) is 7. The highest BCUT2D eigenvalue weighted by Crippen LogP contribution is 2.27. The highest BCUT2D eigenvalue weighted by Gasteiger charge is 2.34. The Balaban J connectivity index is 1.62. The lowest BCUT2D eigenvalue weighted by atomic mass is 10.1. The molecule has 10 heteroatoms. The predicted molar refractivity (Wildman–Crippen MR) is 120 cm³/mol. The quantitative estimate of drug-likeness (QED) is 0.208. The second-order valence-electron chi connectivity index (χ2n) is 6.66. The third kappa shape index (κ3) is 3.98. The Bertz CT molecular complexity index is 1260. The number of ether oxygens (including phenoxy) is 1. The number of furan rings is 1. The fourth-order valence-electron chi connectivity index (χ4n) is 3.10. The van der Waals surface area contributed by atoms with Crippen LogP contribution >= 0.6 is 12.2 Å². The molecule has 160 valence electrons. The van der Waals surface area contributed by atoms with Crippen LogP contribution in [0, 0.1) is 10.1 Å². The number of non-ortho nitro benzene ring substituents is 1. The number of nitro groups is 1. The summed E-state index contributed by atoms with van der Waals surface area (Å²) in [6, 6.07) is 15.7. The SMILES string of the molecule is COc1ccc(N2C(=O)/C(=C\c3ccc(-c4ccc([N+](=O)[O-])cc4)o3)C(=O)NC2=S)cc1. The van der Waals surface area contributed by atoms with Gasteiger partial charge in [0.15, 0.2) is 5.11 Å². The fourth-order valence-corrected chi connectivity index (χ4v) is 3.38. The summed E-state index contributed by atoms with van der Waals surface area (Å²) in [7, 11) is 1.53. The molecule has 0 atom stereocenters. The van der Waals surface area contributed by atoms with E-state index in [0.29, 0.717) is 22.8 Å². The number of hydrogen-bond donors (Lipinski definition) is 1. The van der Waals surface area contributed by atoms with Crippen molar-refractivity contribution in [1.29, 1.82) is 0 Å². The number of carbonyl (C=O) groups is 2. The van der Waals surface area contributed by atoms with Crippen LogP contribution in [0.3, 0.4) is 0 Å². The monoisotopic (exact) mass is 449 g/mol. The number of anilines is 1. The number of nitrogens with one attached hydrogen (secondary N) is 1. The van der Waals surface area contributed by atoms with Gasteiger partial charge in [-0.3, -0.25) is 29.9 Å². The lowest BCUT2D eigenvalue weighted by Crippen LogP contribution is -2.54. The molecule has 1 aromatic heterocycles. The summed E-state index contributed by atoms with van der Waals surface area (Å²) in [5.74, 6) is 0.0610. The number of rotatable bonds is 5. The smallest absolute Gasteiger partial charge is 0.270 e. The highest BCUT2D eigenvalue weighted by atomic mass is 32.1. The summed E-state index contributed by atoms with van der Waals surface area (Å²) in [6.07, 6.45) is 1.32. The summed E-state index contributed by atoms with van der Waals surface area (Å²) in [4.78, 5) is 37.0. The molecule has 0 bridgehead atoms. The molecule has 2 heterocycles. The maximum Gasteiger partial charge on any atom is 0.270 e. The molecule has 9 nitrogen and oxygen atoms in total.